The van der Waals surface area contributed by atoms with Crippen LogP contribution in [0.3, 0.4) is 0 Å². The lowest BCUT2D eigenvalue weighted by molar-refractivity contribution is 0.599. The van der Waals surface area contributed by atoms with Gasteiger partial charge in [-0.2, -0.15) is 0 Å². The monoisotopic (exact) mass is 271 g/mol. The molecular weight excluding hydrogens is 249 g/mol. The first-order valence-electron chi connectivity index (χ1n) is 7.14. The summed E-state index contributed by atoms with van der Waals surface area (Å²) in [6.07, 6.45) is 0. The van der Waals surface area contributed by atoms with Gasteiger partial charge in [0.1, 0.15) is 5.82 Å². The van der Waals surface area contributed by atoms with E-state index in [-0.39, 0.29) is 11.9 Å². The lowest BCUT2D eigenvalue weighted by Gasteiger charge is -2.20. The second kappa shape index (κ2) is 6.19. The number of nitrogens with one attached hydrogen (secondary N) is 1. The number of rotatable bonds is 4. The summed E-state index contributed by atoms with van der Waals surface area (Å²) in [5.41, 5.74) is 5.56. The minimum absolute atomic E-state index is 0.166. The molecular formula is C18H22FN. The van der Waals surface area contributed by atoms with E-state index in [2.05, 4.69) is 37.4 Å². The summed E-state index contributed by atoms with van der Waals surface area (Å²) in [5, 5.41) is 3.45. The van der Waals surface area contributed by atoms with Crippen molar-refractivity contribution in [3.05, 3.63) is 58.9 Å². The van der Waals surface area contributed by atoms with Gasteiger partial charge in [0.2, 0.25) is 0 Å². The summed E-state index contributed by atoms with van der Waals surface area (Å²) in [4.78, 5) is 0. The Balaban J connectivity index is 2.59. The van der Waals surface area contributed by atoms with Gasteiger partial charge in [-0.1, -0.05) is 31.2 Å². The van der Waals surface area contributed by atoms with Crippen LogP contribution in [0.1, 0.15) is 36.6 Å². The predicted octanol–water partition coefficient (Wildman–Crippen LogP) is 4.78. The number of hydrogen-bond donors (Lipinski definition) is 1. The van der Waals surface area contributed by atoms with E-state index in [9.17, 15) is 4.39 Å². The first-order valence-corrected chi connectivity index (χ1v) is 7.14. The summed E-state index contributed by atoms with van der Waals surface area (Å²) in [7, 11) is 0. The summed E-state index contributed by atoms with van der Waals surface area (Å²) in [6.45, 7) is 9.14. The van der Waals surface area contributed by atoms with Gasteiger partial charge in [-0.15, -0.1) is 0 Å². The lowest BCUT2D eigenvalue weighted by Crippen LogP contribution is -2.18. The molecule has 0 fully saturated rings. The molecule has 0 aliphatic carbocycles. The first-order chi connectivity index (χ1) is 9.54. The minimum Gasteiger partial charge on any atom is -0.310 e. The van der Waals surface area contributed by atoms with E-state index < -0.39 is 0 Å². The van der Waals surface area contributed by atoms with E-state index in [1.807, 2.05) is 19.9 Å². The molecule has 0 heterocycles. The number of halogens is 1. The zero-order valence-corrected chi connectivity index (χ0v) is 12.6. The smallest absolute Gasteiger partial charge is 0.123 e. The van der Waals surface area contributed by atoms with Crippen molar-refractivity contribution in [1.29, 1.82) is 0 Å². The molecule has 20 heavy (non-hydrogen) atoms. The predicted molar refractivity (Wildman–Crippen MR) is 83.4 cm³/mol. The second-order valence-corrected chi connectivity index (χ2v) is 5.28. The van der Waals surface area contributed by atoms with Crippen LogP contribution in [0.15, 0.2) is 36.4 Å². The molecule has 0 bridgehead atoms. The SMILES string of the molecule is CCNC(C)c1ccccc1-c1c(C)cc(F)cc1C. The Morgan fingerprint density at radius 1 is 1.10 bits per heavy atom. The molecule has 0 aromatic heterocycles. The quantitative estimate of drug-likeness (QED) is 0.843. The molecule has 0 spiro atoms. The highest BCUT2D eigenvalue weighted by Gasteiger charge is 2.14. The van der Waals surface area contributed by atoms with Crippen LogP contribution in [0.25, 0.3) is 11.1 Å². The lowest BCUT2D eigenvalue weighted by atomic mass is 9.90. The fourth-order valence-corrected chi connectivity index (χ4v) is 2.85. The molecule has 2 aromatic rings. The Bertz CT molecular complexity index is 581. The molecule has 1 unspecified atom stereocenters. The third-order valence-electron chi connectivity index (χ3n) is 3.70. The highest BCUT2D eigenvalue weighted by Crippen LogP contribution is 2.33. The highest BCUT2D eigenvalue weighted by atomic mass is 19.1. The van der Waals surface area contributed by atoms with E-state index >= 15 is 0 Å². The van der Waals surface area contributed by atoms with Gasteiger partial charge in [0.15, 0.2) is 0 Å². The molecule has 1 N–H and O–H groups in total. The van der Waals surface area contributed by atoms with E-state index in [0.717, 1.165) is 23.2 Å². The van der Waals surface area contributed by atoms with Crippen LogP contribution in [0.2, 0.25) is 0 Å². The van der Waals surface area contributed by atoms with Gasteiger partial charge < -0.3 is 5.32 Å². The summed E-state index contributed by atoms with van der Waals surface area (Å²) in [6, 6.07) is 11.9. The van der Waals surface area contributed by atoms with Crippen LogP contribution >= 0.6 is 0 Å². The standard InChI is InChI=1S/C18H22FN/c1-5-20-14(4)16-8-6-7-9-17(16)18-12(2)10-15(19)11-13(18)3/h6-11,14,20H,5H2,1-4H3. The Kier molecular flexibility index (Phi) is 4.56. The van der Waals surface area contributed by atoms with Crippen molar-refractivity contribution in [2.75, 3.05) is 6.54 Å². The molecule has 2 heteroatoms. The summed E-state index contributed by atoms with van der Waals surface area (Å²) < 4.78 is 13.5. The van der Waals surface area contributed by atoms with Crippen molar-refractivity contribution in [2.45, 2.75) is 33.7 Å². The second-order valence-electron chi connectivity index (χ2n) is 5.28. The molecule has 0 radical (unpaired) electrons. The number of aryl methyl sites for hydroxylation is 2. The van der Waals surface area contributed by atoms with Gasteiger partial charge in [-0.3, -0.25) is 0 Å². The van der Waals surface area contributed by atoms with Gasteiger partial charge in [-0.25, -0.2) is 4.39 Å². The number of hydrogen-bond acceptors (Lipinski definition) is 1. The minimum atomic E-state index is -0.166. The van der Waals surface area contributed by atoms with Crippen molar-refractivity contribution in [1.82, 2.24) is 5.32 Å². The fourth-order valence-electron chi connectivity index (χ4n) is 2.85. The Hall–Kier alpha value is -1.67. The third-order valence-corrected chi connectivity index (χ3v) is 3.70. The molecule has 1 atom stereocenters. The van der Waals surface area contributed by atoms with E-state index in [0.29, 0.717) is 0 Å². The van der Waals surface area contributed by atoms with Crippen LogP contribution in [-0.4, -0.2) is 6.54 Å². The molecule has 2 aromatic carbocycles. The van der Waals surface area contributed by atoms with Gasteiger partial charge in [0.05, 0.1) is 0 Å². The largest absolute Gasteiger partial charge is 0.310 e. The van der Waals surface area contributed by atoms with Crippen molar-refractivity contribution < 1.29 is 4.39 Å². The molecule has 0 saturated carbocycles. The van der Waals surface area contributed by atoms with Crippen molar-refractivity contribution in [2.24, 2.45) is 0 Å². The van der Waals surface area contributed by atoms with Crippen molar-refractivity contribution >= 4 is 0 Å². The molecule has 1 nitrogen and oxygen atoms in total. The normalized spacial score (nSPS) is 12.4. The average Bonchev–Trinajstić information content (AvgIpc) is 2.38. The summed E-state index contributed by atoms with van der Waals surface area (Å²) >= 11 is 0. The van der Waals surface area contributed by atoms with Crippen LogP contribution in [-0.2, 0) is 0 Å². The molecule has 0 aliphatic heterocycles. The summed E-state index contributed by atoms with van der Waals surface area (Å²) in [5.74, 6) is -0.166. The van der Waals surface area contributed by atoms with Gasteiger partial charge >= 0.3 is 0 Å². The Morgan fingerprint density at radius 2 is 1.70 bits per heavy atom. The third kappa shape index (κ3) is 2.91. The molecule has 0 amide bonds. The van der Waals surface area contributed by atoms with Crippen LogP contribution in [0.5, 0.6) is 0 Å². The van der Waals surface area contributed by atoms with Crippen molar-refractivity contribution in [3.8, 4) is 11.1 Å². The fraction of sp³-hybridized carbons (Fsp3) is 0.333. The average molecular weight is 271 g/mol. The Labute approximate surface area is 120 Å². The maximum atomic E-state index is 13.5. The number of benzene rings is 2. The first kappa shape index (κ1) is 14.7. The topological polar surface area (TPSA) is 12.0 Å². The maximum Gasteiger partial charge on any atom is 0.123 e. The maximum absolute atomic E-state index is 13.5. The van der Waals surface area contributed by atoms with Crippen molar-refractivity contribution in [3.63, 3.8) is 0 Å². The van der Waals surface area contributed by atoms with Gasteiger partial charge in [-0.05, 0) is 67.3 Å². The van der Waals surface area contributed by atoms with Gasteiger partial charge in [0, 0.05) is 6.04 Å². The zero-order chi connectivity index (χ0) is 14.7. The van der Waals surface area contributed by atoms with Crippen LogP contribution in [0, 0.1) is 19.7 Å². The van der Waals surface area contributed by atoms with Gasteiger partial charge in [0.25, 0.3) is 0 Å². The molecule has 0 aliphatic rings. The van der Waals surface area contributed by atoms with E-state index in [1.165, 1.54) is 11.1 Å². The molecule has 2 rings (SSSR count). The van der Waals surface area contributed by atoms with E-state index in [4.69, 9.17) is 0 Å². The van der Waals surface area contributed by atoms with Crippen LogP contribution < -0.4 is 5.32 Å². The molecule has 106 valence electrons. The highest BCUT2D eigenvalue weighted by molar-refractivity contribution is 5.74. The Morgan fingerprint density at radius 3 is 2.30 bits per heavy atom. The van der Waals surface area contributed by atoms with Crippen LogP contribution in [0.4, 0.5) is 4.39 Å². The van der Waals surface area contributed by atoms with E-state index in [1.54, 1.807) is 12.1 Å². The zero-order valence-electron chi connectivity index (χ0n) is 12.6. The molecule has 0 saturated heterocycles.